The standard InChI is InChI=1S/C44H58F10N2O5Si3/c1-42-16-14-24(55-57-20-26-32(45)36(49)40(53)37(50)33(26)46)18-23(42)12-13-25-28-15-17-44(61-64(9,10)11,43(28,2)19-29(31(25)42)60-63(6,7)8)30(22-59-62(3,4)5)56-58-21-27-34(47)38(51)41(54)39(52)35(27)48/h18,25,28-29,31H,12-17,19-22H2,1-11H3/b55-24+,56-30+/t25-,28-,29?,31+,42-,43-,44?/m0/s1. The normalized spacial score (nSPS) is 29.4. The summed E-state index contributed by atoms with van der Waals surface area (Å²) in [5.74, 6) is -20.6. The lowest BCUT2D eigenvalue weighted by atomic mass is 9.45. The van der Waals surface area contributed by atoms with Gasteiger partial charge in [-0.1, -0.05) is 29.7 Å². The first-order chi connectivity index (χ1) is 29.5. The van der Waals surface area contributed by atoms with Gasteiger partial charge in [0.05, 0.1) is 23.4 Å². The Balaban J connectivity index is 1.38. The van der Waals surface area contributed by atoms with Gasteiger partial charge in [0.15, 0.2) is 71.5 Å². The van der Waals surface area contributed by atoms with Gasteiger partial charge >= 0.3 is 0 Å². The zero-order valence-corrected chi connectivity index (χ0v) is 41.2. The number of hydrogen-bond donors (Lipinski definition) is 0. The highest BCUT2D eigenvalue weighted by Gasteiger charge is 2.70. The number of halogens is 10. The monoisotopic (exact) mass is 968 g/mol. The minimum atomic E-state index is -2.51. The molecule has 4 aliphatic carbocycles. The number of fused-ring (bicyclic) bond motifs is 5. The van der Waals surface area contributed by atoms with Crippen molar-refractivity contribution in [3.63, 3.8) is 0 Å². The van der Waals surface area contributed by atoms with Crippen LogP contribution in [0.3, 0.4) is 0 Å². The maximum Gasteiger partial charge on any atom is 0.200 e. The summed E-state index contributed by atoms with van der Waals surface area (Å²) in [4.78, 5) is 10.8. The van der Waals surface area contributed by atoms with Crippen LogP contribution >= 0.6 is 0 Å². The quantitative estimate of drug-likeness (QED) is 0.0471. The van der Waals surface area contributed by atoms with Crippen LogP contribution in [0.5, 0.6) is 0 Å². The highest BCUT2D eigenvalue weighted by Crippen LogP contribution is 2.69. The van der Waals surface area contributed by atoms with Crippen LogP contribution < -0.4 is 0 Å². The summed E-state index contributed by atoms with van der Waals surface area (Å²) < 4.78 is 163. The summed E-state index contributed by atoms with van der Waals surface area (Å²) in [6.07, 6.45) is 5.73. The highest BCUT2D eigenvalue weighted by atomic mass is 28.4. The minimum Gasteiger partial charge on any atom is -0.414 e. The third-order valence-corrected chi connectivity index (χ3v) is 16.5. The van der Waals surface area contributed by atoms with Crippen molar-refractivity contribution >= 4 is 36.4 Å². The molecule has 0 radical (unpaired) electrons. The predicted octanol–water partition coefficient (Wildman–Crippen LogP) is 12.8. The number of allylic oxidation sites excluding steroid dienone is 2. The molecule has 7 atom stereocenters. The zero-order chi connectivity index (χ0) is 47.7. The Morgan fingerprint density at radius 1 is 0.641 bits per heavy atom. The molecule has 20 heteroatoms. The van der Waals surface area contributed by atoms with Crippen LogP contribution in [0, 0.1) is 86.8 Å². The van der Waals surface area contributed by atoms with Gasteiger partial charge < -0.3 is 23.0 Å². The Kier molecular flexibility index (Phi) is 14.1. The van der Waals surface area contributed by atoms with Gasteiger partial charge in [0.2, 0.25) is 11.6 Å². The largest absolute Gasteiger partial charge is 0.414 e. The van der Waals surface area contributed by atoms with Gasteiger partial charge in [-0.3, -0.25) is 0 Å². The topological polar surface area (TPSA) is 70.9 Å². The Labute approximate surface area is 371 Å². The second-order valence-corrected chi connectivity index (χ2v) is 34.5. The van der Waals surface area contributed by atoms with Crippen LogP contribution in [0.2, 0.25) is 58.9 Å². The first kappa shape index (κ1) is 50.4. The molecule has 2 aromatic carbocycles. The third kappa shape index (κ3) is 9.42. The van der Waals surface area contributed by atoms with Crippen LogP contribution in [-0.2, 0) is 36.2 Å². The van der Waals surface area contributed by atoms with Gasteiger partial charge in [-0.2, -0.15) is 0 Å². The van der Waals surface area contributed by atoms with Crippen molar-refractivity contribution in [2.45, 2.75) is 143 Å². The van der Waals surface area contributed by atoms with Crippen molar-refractivity contribution in [1.82, 2.24) is 0 Å². The maximum atomic E-state index is 14.8. The van der Waals surface area contributed by atoms with Gasteiger partial charge in [0.25, 0.3) is 0 Å². The first-order valence-electron chi connectivity index (χ1n) is 21.6. The summed E-state index contributed by atoms with van der Waals surface area (Å²) in [5.41, 5.74) is -2.59. The second kappa shape index (κ2) is 17.9. The van der Waals surface area contributed by atoms with Crippen LogP contribution in [0.25, 0.3) is 0 Å². The van der Waals surface area contributed by atoms with Crippen LogP contribution in [0.4, 0.5) is 43.9 Å². The fourth-order valence-electron chi connectivity index (χ4n) is 10.9. The fraction of sp³-hybridized carbons (Fsp3) is 0.636. The zero-order valence-electron chi connectivity index (χ0n) is 38.2. The molecule has 2 unspecified atom stereocenters. The van der Waals surface area contributed by atoms with E-state index in [0.29, 0.717) is 49.9 Å². The Morgan fingerprint density at radius 2 is 1.16 bits per heavy atom. The Morgan fingerprint density at radius 3 is 1.66 bits per heavy atom. The van der Waals surface area contributed by atoms with Gasteiger partial charge in [-0.15, -0.1) is 0 Å². The molecule has 0 bridgehead atoms. The number of hydrogen-bond acceptors (Lipinski definition) is 7. The lowest BCUT2D eigenvalue weighted by Gasteiger charge is -2.63. The smallest absolute Gasteiger partial charge is 0.200 e. The number of nitrogens with zero attached hydrogens (tertiary/aromatic N) is 2. The maximum absolute atomic E-state index is 14.8. The molecule has 0 aliphatic heterocycles. The first-order valence-corrected chi connectivity index (χ1v) is 31.8. The van der Waals surface area contributed by atoms with E-state index in [9.17, 15) is 43.9 Å². The number of oxime groups is 2. The van der Waals surface area contributed by atoms with Crippen molar-refractivity contribution in [1.29, 1.82) is 0 Å². The molecule has 0 heterocycles. The average Bonchev–Trinajstić information content (AvgIpc) is 3.47. The molecule has 64 heavy (non-hydrogen) atoms. The molecule has 0 aromatic heterocycles. The summed E-state index contributed by atoms with van der Waals surface area (Å²) in [6.45, 7) is 20.8. The van der Waals surface area contributed by atoms with Crippen molar-refractivity contribution in [3.8, 4) is 0 Å². The Bertz CT molecular complexity index is 2190. The number of rotatable bonds is 14. The van der Waals surface area contributed by atoms with Gasteiger partial charge in [0.1, 0.15) is 24.5 Å². The van der Waals surface area contributed by atoms with Crippen LogP contribution in [0.1, 0.15) is 69.9 Å². The molecule has 3 saturated carbocycles. The number of benzene rings is 2. The van der Waals surface area contributed by atoms with Crippen LogP contribution in [-0.4, -0.2) is 54.7 Å². The van der Waals surface area contributed by atoms with Crippen LogP contribution in [0.15, 0.2) is 22.0 Å². The van der Waals surface area contributed by atoms with E-state index >= 15 is 0 Å². The van der Waals surface area contributed by atoms with Gasteiger partial charge in [0, 0.05) is 11.5 Å². The molecule has 0 N–H and O–H groups in total. The van der Waals surface area contributed by atoms with E-state index in [1.807, 2.05) is 45.4 Å². The molecular formula is C44H58F10N2O5Si3. The lowest BCUT2D eigenvalue weighted by Crippen LogP contribution is -2.65. The minimum absolute atomic E-state index is 0.0138. The van der Waals surface area contributed by atoms with Crippen molar-refractivity contribution in [3.05, 3.63) is 80.9 Å². The van der Waals surface area contributed by atoms with E-state index in [1.165, 1.54) is 0 Å². The van der Waals surface area contributed by atoms with Crippen molar-refractivity contribution in [2.75, 3.05) is 6.61 Å². The van der Waals surface area contributed by atoms with E-state index in [4.69, 9.17) is 23.0 Å². The predicted molar refractivity (Wildman–Crippen MR) is 229 cm³/mol. The molecule has 6 rings (SSSR count). The molecular weight excluding hydrogens is 911 g/mol. The summed E-state index contributed by atoms with van der Waals surface area (Å²) in [5, 5.41) is 8.58. The van der Waals surface area contributed by atoms with E-state index in [1.54, 1.807) is 0 Å². The van der Waals surface area contributed by atoms with Gasteiger partial charge in [-0.05, 0) is 133 Å². The van der Waals surface area contributed by atoms with E-state index in [-0.39, 0.29) is 30.5 Å². The summed E-state index contributed by atoms with van der Waals surface area (Å²) >= 11 is 0. The van der Waals surface area contributed by atoms with E-state index in [0.717, 1.165) is 12.0 Å². The third-order valence-electron chi connectivity index (χ3n) is 13.5. The highest BCUT2D eigenvalue weighted by molar-refractivity contribution is 6.70. The second-order valence-electron chi connectivity index (χ2n) is 21.1. The SMILES string of the molecule is C[C@]12CC/C(=N\OCc3c(F)c(F)c(F)c(F)c3F)C=C1CC[C@@H]1[C@@H]2C(O[Si](C)(C)C)C[C@@]2(C)[C@H]1CCC2(O[Si](C)(C)C)/C(CO[Si](C)(C)C)=N/OCc1c(F)c(F)c(F)c(F)c1F. The van der Waals surface area contributed by atoms with Crippen molar-refractivity contribution < 1.29 is 66.9 Å². The molecule has 7 nitrogen and oxygen atoms in total. The molecule has 356 valence electrons. The van der Waals surface area contributed by atoms with Gasteiger partial charge in [-0.25, -0.2) is 43.9 Å². The molecule has 4 aliphatic rings. The fourth-order valence-corrected chi connectivity index (χ4v) is 14.1. The summed E-state index contributed by atoms with van der Waals surface area (Å²) in [7, 11) is -7.07. The Hall–Kier alpha value is -3.05. The van der Waals surface area contributed by atoms with E-state index in [2.05, 4.69) is 43.8 Å². The van der Waals surface area contributed by atoms with Crippen molar-refractivity contribution in [2.24, 2.45) is 38.9 Å². The molecule has 3 fully saturated rings. The summed E-state index contributed by atoms with van der Waals surface area (Å²) in [6, 6.07) is 0. The average molecular weight is 969 g/mol. The molecule has 0 amide bonds. The van der Waals surface area contributed by atoms with E-state index < -0.39 is 124 Å². The lowest BCUT2D eigenvalue weighted by molar-refractivity contribution is -0.143. The molecule has 0 spiro atoms. The molecule has 0 saturated heterocycles. The molecule has 2 aromatic rings.